The lowest BCUT2D eigenvalue weighted by Crippen LogP contribution is -2.67. The third-order valence-corrected chi connectivity index (χ3v) is 3.75. The molecule has 0 saturated carbocycles. The summed E-state index contributed by atoms with van der Waals surface area (Å²) >= 11 is 0. The Bertz CT molecular complexity index is 473. The van der Waals surface area contributed by atoms with Crippen LogP contribution in [-0.2, 0) is 23.8 Å². The van der Waals surface area contributed by atoms with Crippen LogP contribution in [0.1, 0.15) is 40.5 Å². The van der Waals surface area contributed by atoms with E-state index in [0.29, 0.717) is 25.9 Å². The molecule has 124 valence electrons. The minimum Gasteiger partial charge on any atom is -0.464 e. The lowest BCUT2D eigenvalue weighted by Gasteiger charge is -2.48. The van der Waals surface area contributed by atoms with Crippen LogP contribution in [0.5, 0.6) is 0 Å². The molecule has 2 heterocycles. The molecule has 1 spiro atoms. The summed E-state index contributed by atoms with van der Waals surface area (Å²) in [5, 5.41) is 0. The third-order valence-electron chi connectivity index (χ3n) is 3.75. The zero-order valence-electron chi connectivity index (χ0n) is 13.5. The molecule has 2 aliphatic heterocycles. The number of piperidine rings is 1. The number of ether oxygens (including phenoxy) is 3. The number of hydrogen-bond donors (Lipinski definition) is 0. The summed E-state index contributed by atoms with van der Waals surface area (Å²) in [5.74, 6) is -0.873. The van der Waals surface area contributed by atoms with Crippen LogP contribution in [-0.4, -0.2) is 59.7 Å². The fourth-order valence-corrected chi connectivity index (χ4v) is 2.63. The molecule has 0 aromatic heterocycles. The maximum atomic E-state index is 12.2. The Balaban J connectivity index is 1.87. The van der Waals surface area contributed by atoms with Gasteiger partial charge in [-0.3, -0.25) is 4.79 Å². The lowest BCUT2D eigenvalue weighted by atomic mass is 9.79. The van der Waals surface area contributed by atoms with E-state index < -0.39 is 29.4 Å². The summed E-state index contributed by atoms with van der Waals surface area (Å²) in [6, 6.07) is 0. The Morgan fingerprint density at radius 3 is 2.36 bits per heavy atom. The van der Waals surface area contributed by atoms with Gasteiger partial charge >= 0.3 is 12.1 Å². The van der Waals surface area contributed by atoms with Gasteiger partial charge in [-0.2, -0.15) is 0 Å². The predicted molar refractivity (Wildman–Crippen MR) is 76.3 cm³/mol. The molecule has 1 amide bonds. The van der Waals surface area contributed by atoms with Crippen LogP contribution >= 0.6 is 0 Å². The smallest absolute Gasteiger partial charge is 0.410 e. The molecule has 2 rings (SSSR count). The number of ketones is 1. The summed E-state index contributed by atoms with van der Waals surface area (Å²) in [4.78, 5) is 37.3. The van der Waals surface area contributed by atoms with Gasteiger partial charge in [0.2, 0.25) is 11.9 Å². The summed E-state index contributed by atoms with van der Waals surface area (Å²) in [7, 11) is 0. The predicted octanol–water partition coefficient (Wildman–Crippen LogP) is 1.29. The van der Waals surface area contributed by atoms with E-state index in [0.717, 1.165) is 0 Å². The highest BCUT2D eigenvalue weighted by molar-refractivity contribution is 6.10. The van der Waals surface area contributed by atoms with Gasteiger partial charge in [0.15, 0.2) is 0 Å². The lowest BCUT2D eigenvalue weighted by molar-refractivity contribution is -0.220. The molecular formula is C15H23NO6. The first-order chi connectivity index (χ1) is 10.2. The summed E-state index contributed by atoms with van der Waals surface area (Å²) in [6.45, 7) is 8.05. The zero-order chi connectivity index (χ0) is 16.5. The van der Waals surface area contributed by atoms with Crippen molar-refractivity contribution in [3.05, 3.63) is 0 Å². The van der Waals surface area contributed by atoms with E-state index in [1.807, 2.05) is 0 Å². The second kappa shape index (κ2) is 5.87. The Hall–Kier alpha value is -1.63. The van der Waals surface area contributed by atoms with Gasteiger partial charge in [0, 0.05) is 25.9 Å². The topological polar surface area (TPSA) is 82.1 Å². The maximum Gasteiger partial charge on any atom is 0.410 e. The Morgan fingerprint density at radius 1 is 1.32 bits per heavy atom. The molecule has 0 aliphatic carbocycles. The van der Waals surface area contributed by atoms with Gasteiger partial charge in [-0.25, -0.2) is 9.59 Å². The molecule has 0 radical (unpaired) electrons. The fourth-order valence-electron chi connectivity index (χ4n) is 2.63. The normalized spacial score (nSPS) is 23.9. The minimum absolute atomic E-state index is 0.214. The summed E-state index contributed by atoms with van der Waals surface area (Å²) in [6.07, 6.45) is -0.744. The monoisotopic (exact) mass is 313 g/mol. The van der Waals surface area contributed by atoms with Crippen molar-refractivity contribution in [2.24, 2.45) is 0 Å². The highest BCUT2D eigenvalue weighted by atomic mass is 16.6. The fraction of sp³-hybridized carbons (Fsp3) is 0.800. The molecule has 0 bridgehead atoms. The van der Waals surface area contributed by atoms with E-state index >= 15 is 0 Å². The van der Waals surface area contributed by atoms with Crippen LogP contribution in [0.3, 0.4) is 0 Å². The molecule has 7 heteroatoms. The van der Waals surface area contributed by atoms with Crippen molar-refractivity contribution in [1.82, 2.24) is 4.90 Å². The van der Waals surface area contributed by atoms with Crippen molar-refractivity contribution in [2.75, 3.05) is 19.7 Å². The number of esters is 1. The van der Waals surface area contributed by atoms with E-state index in [2.05, 4.69) is 0 Å². The molecule has 0 N–H and O–H groups in total. The molecule has 2 saturated heterocycles. The van der Waals surface area contributed by atoms with Crippen LogP contribution in [0.4, 0.5) is 4.79 Å². The van der Waals surface area contributed by atoms with E-state index in [9.17, 15) is 14.4 Å². The number of nitrogens with zero attached hydrogens (tertiary/aromatic N) is 1. The van der Waals surface area contributed by atoms with E-state index in [-0.39, 0.29) is 12.4 Å². The van der Waals surface area contributed by atoms with Crippen LogP contribution in [0, 0.1) is 0 Å². The molecular weight excluding hydrogens is 290 g/mol. The van der Waals surface area contributed by atoms with Gasteiger partial charge in [0.1, 0.15) is 11.2 Å². The molecule has 2 aliphatic rings. The summed E-state index contributed by atoms with van der Waals surface area (Å²) < 4.78 is 15.6. The van der Waals surface area contributed by atoms with Crippen LogP contribution in [0.2, 0.25) is 0 Å². The molecule has 0 aromatic carbocycles. The SMILES string of the molecule is CCOC(=O)[C@@H]1OC2(CCN(C(=O)OC(C)(C)C)CC2)C1=O. The average molecular weight is 313 g/mol. The van der Waals surface area contributed by atoms with Crippen molar-refractivity contribution >= 4 is 17.8 Å². The largest absolute Gasteiger partial charge is 0.464 e. The van der Waals surface area contributed by atoms with Gasteiger partial charge in [0.05, 0.1) is 6.61 Å². The van der Waals surface area contributed by atoms with Crippen molar-refractivity contribution < 1.29 is 28.6 Å². The van der Waals surface area contributed by atoms with E-state index in [4.69, 9.17) is 14.2 Å². The molecule has 1 atom stereocenters. The van der Waals surface area contributed by atoms with Gasteiger partial charge < -0.3 is 19.1 Å². The standard InChI is InChI=1S/C15H23NO6/c1-5-20-12(18)10-11(17)15(21-10)6-8-16(9-7-15)13(19)22-14(2,3)4/h10H,5-9H2,1-4H3/t10-/m1/s1. The molecule has 0 unspecified atom stereocenters. The molecule has 22 heavy (non-hydrogen) atoms. The van der Waals surface area contributed by atoms with Gasteiger partial charge in [-0.15, -0.1) is 0 Å². The zero-order valence-corrected chi connectivity index (χ0v) is 13.5. The first kappa shape index (κ1) is 16.7. The van der Waals surface area contributed by atoms with Crippen molar-refractivity contribution in [2.45, 2.75) is 57.8 Å². The van der Waals surface area contributed by atoms with Crippen LogP contribution in [0.15, 0.2) is 0 Å². The van der Waals surface area contributed by atoms with E-state index in [1.54, 1.807) is 32.6 Å². The van der Waals surface area contributed by atoms with Crippen molar-refractivity contribution in [3.63, 3.8) is 0 Å². The number of rotatable bonds is 2. The Morgan fingerprint density at radius 2 is 1.91 bits per heavy atom. The third kappa shape index (κ3) is 3.24. The number of hydrogen-bond acceptors (Lipinski definition) is 6. The van der Waals surface area contributed by atoms with Gasteiger partial charge in [-0.05, 0) is 27.7 Å². The molecule has 7 nitrogen and oxygen atoms in total. The van der Waals surface area contributed by atoms with Gasteiger partial charge in [0.25, 0.3) is 0 Å². The Labute approximate surface area is 129 Å². The quantitative estimate of drug-likeness (QED) is 0.564. The van der Waals surface area contributed by atoms with Crippen molar-refractivity contribution in [1.29, 1.82) is 0 Å². The maximum absolute atomic E-state index is 12.2. The number of carbonyl (C=O) groups is 3. The van der Waals surface area contributed by atoms with Crippen LogP contribution < -0.4 is 0 Å². The molecule has 0 aromatic rings. The summed E-state index contributed by atoms with van der Waals surface area (Å²) in [5.41, 5.74) is -1.49. The highest BCUT2D eigenvalue weighted by Crippen LogP contribution is 2.39. The highest BCUT2D eigenvalue weighted by Gasteiger charge is 2.59. The number of amides is 1. The Kier molecular flexibility index (Phi) is 4.47. The average Bonchev–Trinajstić information content (AvgIpc) is 2.43. The first-order valence-electron chi connectivity index (χ1n) is 7.55. The van der Waals surface area contributed by atoms with Crippen LogP contribution in [0.25, 0.3) is 0 Å². The molecule has 2 fully saturated rings. The van der Waals surface area contributed by atoms with E-state index in [1.165, 1.54) is 0 Å². The number of carbonyl (C=O) groups excluding carboxylic acids is 3. The number of likely N-dealkylation sites (tertiary alicyclic amines) is 1. The van der Waals surface area contributed by atoms with Gasteiger partial charge in [-0.1, -0.05) is 0 Å². The second-order valence-electron chi connectivity index (χ2n) is 6.58. The first-order valence-corrected chi connectivity index (χ1v) is 7.55. The number of Topliss-reactive ketones (excluding diaryl/α,β-unsaturated/α-hetero) is 1. The van der Waals surface area contributed by atoms with Crippen molar-refractivity contribution in [3.8, 4) is 0 Å². The minimum atomic E-state index is -1.10. The second-order valence-corrected chi connectivity index (χ2v) is 6.58.